The van der Waals surface area contributed by atoms with Crippen LogP contribution in [0.2, 0.25) is 0 Å². The van der Waals surface area contributed by atoms with Crippen LogP contribution < -0.4 is 5.73 Å². The highest BCUT2D eigenvalue weighted by Crippen LogP contribution is 2.18. The summed E-state index contributed by atoms with van der Waals surface area (Å²) in [6.45, 7) is 3.14. The standard InChI is InChI=1S/C11H16N4O/c1-8-6-14-10(7-13-8)11(16)15-4-2-3-9(15)5-12/h6-7,9H,2-5,12H2,1H3. The Morgan fingerprint density at radius 1 is 1.56 bits per heavy atom. The zero-order valence-electron chi connectivity index (χ0n) is 9.39. The smallest absolute Gasteiger partial charge is 0.274 e. The number of nitrogens with zero attached hydrogens (tertiary/aromatic N) is 3. The molecule has 1 aromatic rings. The molecule has 1 saturated heterocycles. The van der Waals surface area contributed by atoms with Crippen LogP contribution in [0.1, 0.15) is 29.0 Å². The Bertz CT molecular complexity index is 376. The Hall–Kier alpha value is -1.49. The van der Waals surface area contributed by atoms with Crippen molar-refractivity contribution in [2.75, 3.05) is 13.1 Å². The molecule has 2 heterocycles. The average Bonchev–Trinajstić information content (AvgIpc) is 2.77. The molecule has 1 aromatic heterocycles. The van der Waals surface area contributed by atoms with E-state index in [-0.39, 0.29) is 11.9 Å². The average molecular weight is 220 g/mol. The number of rotatable bonds is 2. The number of aromatic nitrogens is 2. The van der Waals surface area contributed by atoms with Crippen molar-refractivity contribution < 1.29 is 4.79 Å². The summed E-state index contributed by atoms with van der Waals surface area (Å²) in [5.41, 5.74) is 6.86. The van der Waals surface area contributed by atoms with Crippen LogP contribution in [-0.4, -0.2) is 39.9 Å². The number of hydrogen-bond acceptors (Lipinski definition) is 4. The van der Waals surface area contributed by atoms with Crippen LogP contribution in [-0.2, 0) is 0 Å². The molecule has 1 aliphatic rings. The first-order valence-electron chi connectivity index (χ1n) is 5.52. The van der Waals surface area contributed by atoms with E-state index in [2.05, 4.69) is 9.97 Å². The van der Waals surface area contributed by atoms with Gasteiger partial charge in [0.1, 0.15) is 5.69 Å². The largest absolute Gasteiger partial charge is 0.333 e. The molecule has 0 bridgehead atoms. The number of aryl methyl sites for hydroxylation is 1. The second-order valence-corrected chi connectivity index (χ2v) is 4.07. The Balaban J connectivity index is 2.15. The molecule has 16 heavy (non-hydrogen) atoms. The Morgan fingerprint density at radius 2 is 2.38 bits per heavy atom. The minimum atomic E-state index is -0.0551. The maximum atomic E-state index is 12.1. The normalized spacial score (nSPS) is 20.1. The second-order valence-electron chi connectivity index (χ2n) is 4.07. The van der Waals surface area contributed by atoms with Crippen LogP contribution in [0.5, 0.6) is 0 Å². The third kappa shape index (κ3) is 2.04. The molecule has 1 amide bonds. The first kappa shape index (κ1) is 11.0. The summed E-state index contributed by atoms with van der Waals surface area (Å²) < 4.78 is 0. The maximum Gasteiger partial charge on any atom is 0.274 e. The Kier molecular flexibility index (Phi) is 3.14. The van der Waals surface area contributed by atoms with Gasteiger partial charge in [-0.15, -0.1) is 0 Å². The lowest BCUT2D eigenvalue weighted by Crippen LogP contribution is -2.40. The van der Waals surface area contributed by atoms with E-state index >= 15 is 0 Å². The highest BCUT2D eigenvalue weighted by Gasteiger charge is 2.28. The van der Waals surface area contributed by atoms with Gasteiger partial charge in [0.25, 0.3) is 5.91 Å². The van der Waals surface area contributed by atoms with Crippen LogP contribution in [0.15, 0.2) is 12.4 Å². The summed E-state index contributed by atoms with van der Waals surface area (Å²) in [6.07, 6.45) is 5.15. The quantitative estimate of drug-likeness (QED) is 0.780. The predicted molar refractivity (Wildman–Crippen MR) is 59.9 cm³/mol. The number of amides is 1. The van der Waals surface area contributed by atoms with Gasteiger partial charge in [-0.05, 0) is 19.8 Å². The molecule has 1 unspecified atom stereocenters. The molecule has 2 N–H and O–H groups in total. The molecule has 5 heteroatoms. The van der Waals surface area contributed by atoms with Crippen molar-refractivity contribution in [2.24, 2.45) is 5.73 Å². The summed E-state index contributed by atoms with van der Waals surface area (Å²) >= 11 is 0. The SMILES string of the molecule is Cc1cnc(C(=O)N2CCCC2CN)cn1. The third-order valence-electron chi connectivity index (χ3n) is 2.91. The zero-order valence-corrected chi connectivity index (χ0v) is 9.39. The van der Waals surface area contributed by atoms with Crippen molar-refractivity contribution in [3.05, 3.63) is 23.8 Å². The van der Waals surface area contributed by atoms with E-state index in [1.807, 2.05) is 6.92 Å². The number of carbonyl (C=O) groups excluding carboxylic acids is 1. The molecule has 5 nitrogen and oxygen atoms in total. The summed E-state index contributed by atoms with van der Waals surface area (Å²) in [7, 11) is 0. The Morgan fingerprint density at radius 3 is 3.00 bits per heavy atom. The van der Waals surface area contributed by atoms with Crippen LogP contribution >= 0.6 is 0 Å². The van der Waals surface area contributed by atoms with Crippen molar-refractivity contribution in [1.29, 1.82) is 0 Å². The summed E-state index contributed by atoms with van der Waals surface area (Å²) in [5.74, 6) is -0.0551. The molecule has 1 atom stereocenters. The van der Waals surface area contributed by atoms with E-state index in [4.69, 9.17) is 5.73 Å². The van der Waals surface area contributed by atoms with E-state index in [1.54, 1.807) is 11.1 Å². The minimum Gasteiger partial charge on any atom is -0.333 e. The van der Waals surface area contributed by atoms with Gasteiger partial charge in [-0.25, -0.2) is 4.98 Å². The molecule has 0 radical (unpaired) electrons. The summed E-state index contributed by atoms with van der Waals surface area (Å²) in [6, 6.07) is 0.163. The molecule has 2 rings (SSSR count). The molecular weight excluding hydrogens is 204 g/mol. The highest BCUT2D eigenvalue weighted by atomic mass is 16.2. The van der Waals surface area contributed by atoms with Crippen molar-refractivity contribution >= 4 is 5.91 Å². The zero-order chi connectivity index (χ0) is 11.5. The lowest BCUT2D eigenvalue weighted by Gasteiger charge is -2.22. The molecule has 0 aromatic carbocycles. The van der Waals surface area contributed by atoms with Gasteiger partial charge in [-0.3, -0.25) is 9.78 Å². The molecule has 1 fully saturated rings. The predicted octanol–water partition coefficient (Wildman–Crippen LogP) is 0.348. The Labute approximate surface area is 94.7 Å². The summed E-state index contributed by atoms with van der Waals surface area (Å²) in [4.78, 5) is 22.1. The second kappa shape index (κ2) is 4.57. The molecular formula is C11H16N4O. The van der Waals surface area contributed by atoms with Gasteiger partial charge >= 0.3 is 0 Å². The van der Waals surface area contributed by atoms with E-state index in [0.717, 1.165) is 25.1 Å². The number of likely N-dealkylation sites (tertiary alicyclic amines) is 1. The van der Waals surface area contributed by atoms with Gasteiger partial charge < -0.3 is 10.6 Å². The van der Waals surface area contributed by atoms with Crippen LogP contribution in [0.25, 0.3) is 0 Å². The van der Waals surface area contributed by atoms with Gasteiger partial charge in [-0.2, -0.15) is 0 Å². The van der Waals surface area contributed by atoms with Gasteiger partial charge in [0, 0.05) is 25.3 Å². The van der Waals surface area contributed by atoms with Gasteiger partial charge in [0.15, 0.2) is 0 Å². The summed E-state index contributed by atoms with van der Waals surface area (Å²) in [5, 5.41) is 0. The fourth-order valence-electron chi connectivity index (χ4n) is 2.00. The maximum absolute atomic E-state index is 12.1. The van der Waals surface area contributed by atoms with Crippen molar-refractivity contribution in [3.63, 3.8) is 0 Å². The minimum absolute atomic E-state index is 0.0551. The first-order chi connectivity index (χ1) is 7.72. The molecule has 0 spiro atoms. The van der Waals surface area contributed by atoms with E-state index in [0.29, 0.717) is 12.2 Å². The lowest BCUT2D eigenvalue weighted by atomic mass is 10.2. The lowest BCUT2D eigenvalue weighted by molar-refractivity contribution is 0.0734. The molecule has 86 valence electrons. The van der Waals surface area contributed by atoms with Gasteiger partial charge in [0.2, 0.25) is 0 Å². The monoisotopic (exact) mass is 220 g/mol. The van der Waals surface area contributed by atoms with Crippen molar-refractivity contribution in [3.8, 4) is 0 Å². The fourth-order valence-corrected chi connectivity index (χ4v) is 2.00. The topological polar surface area (TPSA) is 72.1 Å². The van der Waals surface area contributed by atoms with Gasteiger partial charge in [0.05, 0.1) is 11.9 Å². The van der Waals surface area contributed by atoms with Crippen molar-refractivity contribution in [1.82, 2.24) is 14.9 Å². The van der Waals surface area contributed by atoms with Gasteiger partial charge in [-0.1, -0.05) is 0 Å². The van der Waals surface area contributed by atoms with Crippen LogP contribution in [0, 0.1) is 6.92 Å². The first-order valence-corrected chi connectivity index (χ1v) is 5.52. The molecule has 1 aliphatic heterocycles. The highest BCUT2D eigenvalue weighted by molar-refractivity contribution is 5.92. The van der Waals surface area contributed by atoms with E-state index < -0.39 is 0 Å². The molecule has 0 saturated carbocycles. The van der Waals surface area contributed by atoms with E-state index in [9.17, 15) is 4.79 Å². The molecule has 0 aliphatic carbocycles. The fraction of sp³-hybridized carbons (Fsp3) is 0.545. The third-order valence-corrected chi connectivity index (χ3v) is 2.91. The van der Waals surface area contributed by atoms with E-state index in [1.165, 1.54) is 6.20 Å². The van der Waals surface area contributed by atoms with Crippen LogP contribution in [0.3, 0.4) is 0 Å². The number of nitrogens with two attached hydrogens (primary N) is 1. The number of carbonyl (C=O) groups is 1. The van der Waals surface area contributed by atoms with Crippen LogP contribution in [0.4, 0.5) is 0 Å². The van der Waals surface area contributed by atoms with Crippen molar-refractivity contribution in [2.45, 2.75) is 25.8 Å². The number of hydrogen-bond donors (Lipinski definition) is 1.